The van der Waals surface area contributed by atoms with Crippen LogP contribution in [0.15, 0.2) is 59.5 Å². The predicted octanol–water partition coefficient (Wildman–Crippen LogP) is 2.48. The van der Waals surface area contributed by atoms with Crippen molar-refractivity contribution in [1.29, 1.82) is 0 Å². The minimum Gasteiger partial charge on any atom is -0.478 e. The number of hydrogen-bond donors (Lipinski definition) is 3. The first kappa shape index (κ1) is 18.8. The van der Waals surface area contributed by atoms with Gasteiger partial charge in [0.05, 0.1) is 4.90 Å². The molecule has 8 heteroatoms. The van der Waals surface area contributed by atoms with Gasteiger partial charge < -0.3 is 10.4 Å². The number of sulfonamides is 1. The Kier molecular flexibility index (Phi) is 5.38. The topological polar surface area (TPSA) is 113 Å². The quantitative estimate of drug-likeness (QED) is 0.633. The number of aliphatic carboxylic acids is 1. The molecule has 2 aromatic rings. The third kappa shape index (κ3) is 5.25. The van der Waals surface area contributed by atoms with Gasteiger partial charge in [-0.25, -0.2) is 17.9 Å². The van der Waals surface area contributed by atoms with Gasteiger partial charge in [0, 0.05) is 23.4 Å². The summed E-state index contributed by atoms with van der Waals surface area (Å²) in [4.78, 5) is 23.0. The molecule has 0 heterocycles. The van der Waals surface area contributed by atoms with Gasteiger partial charge in [-0.2, -0.15) is 0 Å². The second-order valence-corrected chi connectivity index (χ2v) is 7.89. The summed E-state index contributed by atoms with van der Waals surface area (Å²) in [6.07, 6.45) is 4.12. The van der Waals surface area contributed by atoms with E-state index in [1.54, 1.807) is 24.3 Å². The van der Waals surface area contributed by atoms with Crippen LogP contribution in [-0.4, -0.2) is 31.4 Å². The van der Waals surface area contributed by atoms with Crippen molar-refractivity contribution in [3.05, 3.63) is 65.7 Å². The molecule has 0 radical (unpaired) electrons. The first-order valence-electron chi connectivity index (χ1n) is 8.28. The van der Waals surface area contributed by atoms with Crippen LogP contribution in [0, 0.1) is 0 Å². The predicted molar refractivity (Wildman–Crippen MR) is 101 cm³/mol. The number of benzene rings is 2. The minimum absolute atomic E-state index is 0.0128. The highest BCUT2D eigenvalue weighted by atomic mass is 32.2. The van der Waals surface area contributed by atoms with Crippen molar-refractivity contribution >= 4 is 33.7 Å². The average Bonchev–Trinajstić information content (AvgIpc) is 3.44. The van der Waals surface area contributed by atoms with Crippen molar-refractivity contribution in [3.63, 3.8) is 0 Å². The van der Waals surface area contributed by atoms with Crippen LogP contribution in [-0.2, 0) is 14.8 Å². The molecule has 0 atom stereocenters. The fourth-order valence-electron chi connectivity index (χ4n) is 2.34. The second-order valence-electron chi connectivity index (χ2n) is 6.17. The Hall–Kier alpha value is -2.97. The number of rotatable bonds is 7. The van der Waals surface area contributed by atoms with Crippen LogP contribution in [0.5, 0.6) is 0 Å². The lowest BCUT2D eigenvalue weighted by molar-refractivity contribution is -0.131. The Labute approximate surface area is 156 Å². The van der Waals surface area contributed by atoms with E-state index >= 15 is 0 Å². The molecule has 0 saturated heterocycles. The van der Waals surface area contributed by atoms with Crippen molar-refractivity contribution in [1.82, 2.24) is 4.72 Å². The maximum Gasteiger partial charge on any atom is 0.328 e. The molecule has 140 valence electrons. The highest BCUT2D eigenvalue weighted by Gasteiger charge is 2.28. The number of nitrogens with one attached hydrogen (secondary N) is 2. The number of hydrogen-bond acceptors (Lipinski definition) is 4. The van der Waals surface area contributed by atoms with Crippen molar-refractivity contribution in [2.45, 2.75) is 23.8 Å². The lowest BCUT2D eigenvalue weighted by atomic mass is 10.1. The summed E-state index contributed by atoms with van der Waals surface area (Å²) in [6.45, 7) is 0. The molecule has 3 N–H and O–H groups in total. The van der Waals surface area contributed by atoms with E-state index in [1.807, 2.05) is 0 Å². The monoisotopic (exact) mass is 386 g/mol. The molecule has 1 saturated carbocycles. The first-order chi connectivity index (χ1) is 12.8. The van der Waals surface area contributed by atoms with Gasteiger partial charge in [-0.1, -0.05) is 18.2 Å². The van der Waals surface area contributed by atoms with Crippen molar-refractivity contribution < 1.29 is 23.1 Å². The first-order valence-corrected chi connectivity index (χ1v) is 9.77. The van der Waals surface area contributed by atoms with Crippen molar-refractivity contribution in [2.75, 3.05) is 5.32 Å². The molecule has 0 bridgehead atoms. The highest BCUT2D eigenvalue weighted by molar-refractivity contribution is 7.89. The van der Waals surface area contributed by atoms with Gasteiger partial charge in [0.2, 0.25) is 10.0 Å². The van der Waals surface area contributed by atoms with E-state index in [-0.39, 0.29) is 16.5 Å². The molecule has 0 unspecified atom stereocenters. The van der Waals surface area contributed by atoms with Crippen LogP contribution in [0.1, 0.15) is 28.8 Å². The molecule has 1 aliphatic carbocycles. The normalized spacial score (nSPS) is 14.2. The number of carbonyl (C=O) groups excluding carboxylic acids is 1. The van der Waals surface area contributed by atoms with Gasteiger partial charge in [-0.15, -0.1) is 0 Å². The Morgan fingerprint density at radius 1 is 1.07 bits per heavy atom. The SMILES string of the molecule is O=C(O)/C=C/c1ccc(NC(=O)c2cccc(S(=O)(=O)NC3CC3)c2)cc1. The van der Waals surface area contributed by atoms with Gasteiger partial charge in [0.25, 0.3) is 5.91 Å². The van der Waals surface area contributed by atoms with E-state index < -0.39 is 21.9 Å². The number of anilines is 1. The fourth-order valence-corrected chi connectivity index (χ4v) is 3.69. The van der Waals surface area contributed by atoms with E-state index in [2.05, 4.69) is 10.0 Å². The van der Waals surface area contributed by atoms with Gasteiger partial charge in [0.1, 0.15) is 0 Å². The maximum absolute atomic E-state index is 12.4. The Balaban J connectivity index is 1.71. The summed E-state index contributed by atoms with van der Waals surface area (Å²) in [5.74, 6) is -1.48. The molecule has 0 aromatic heterocycles. The number of carbonyl (C=O) groups is 2. The summed E-state index contributed by atoms with van der Waals surface area (Å²) in [5.41, 5.74) is 1.41. The third-order valence-corrected chi connectivity index (χ3v) is 5.41. The Morgan fingerprint density at radius 2 is 1.78 bits per heavy atom. The molecule has 0 aliphatic heterocycles. The van der Waals surface area contributed by atoms with Crippen LogP contribution in [0.3, 0.4) is 0 Å². The van der Waals surface area contributed by atoms with Crippen molar-refractivity contribution in [2.24, 2.45) is 0 Å². The van der Waals surface area contributed by atoms with Crippen molar-refractivity contribution in [3.8, 4) is 0 Å². The number of carboxylic acid groups (broad SMARTS) is 1. The van der Waals surface area contributed by atoms with Crippen LogP contribution in [0.4, 0.5) is 5.69 Å². The molecule has 1 aliphatic rings. The van der Waals surface area contributed by atoms with E-state index in [9.17, 15) is 18.0 Å². The minimum atomic E-state index is -3.63. The Bertz CT molecular complexity index is 993. The zero-order valence-corrected chi connectivity index (χ0v) is 15.1. The second kappa shape index (κ2) is 7.73. The molecule has 1 amide bonds. The zero-order chi connectivity index (χ0) is 19.4. The van der Waals surface area contributed by atoms with Gasteiger partial charge >= 0.3 is 5.97 Å². The summed E-state index contributed by atoms with van der Waals surface area (Å²) in [5, 5.41) is 11.3. The van der Waals surface area contributed by atoms with E-state index in [0.717, 1.165) is 18.9 Å². The van der Waals surface area contributed by atoms with Crippen LogP contribution in [0.2, 0.25) is 0 Å². The standard InChI is InChI=1S/C19H18N2O5S/c22-18(23)11-6-13-4-7-15(8-5-13)20-19(24)14-2-1-3-17(12-14)27(25,26)21-16-9-10-16/h1-8,11-12,16,21H,9-10H2,(H,20,24)(H,22,23)/b11-6+. The summed E-state index contributed by atoms with van der Waals surface area (Å²) >= 11 is 0. The van der Waals surface area contributed by atoms with Gasteiger partial charge in [-0.05, 0) is 54.8 Å². The number of amides is 1. The van der Waals surface area contributed by atoms with E-state index in [4.69, 9.17) is 5.11 Å². The van der Waals surface area contributed by atoms with Crippen LogP contribution < -0.4 is 10.0 Å². The summed E-state index contributed by atoms with van der Waals surface area (Å²) in [6, 6.07) is 12.4. The third-order valence-electron chi connectivity index (χ3n) is 3.89. The highest BCUT2D eigenvalue weighted by Crippen LogP contribution is 2.22. The molecule has 1 fully saturated rings. The lowest BCUT2D eigenvalue weighted by Gasteiger charge is -2.09. The molecular formula is C19H18N2O5S. The average molecular weight is 386 g/mol. The molecule has 0 spiro atoms. The smallest absolute Gasteiger partial charge is 0.328 e. The van der Waals surface area contributed by atoms with Gasteiger partial charge in [0.15, 0.2) is 0 Å². The molecule has 3 rings (SSSR count). The zero-order valence-electron chi connectivity index (χ0n) is 14.3. The van der Waals surface area contributed by atoms with Crippen LogP contribution in [0.25, 0.3) is 6.08 Å². The summed E-state index contributed by atoms with van der Waals surface area (Å²) < 4.78 is 27.1. The van der Waals surface area contributed by atoms with Crippen LogP contribution >= 0.6 is 0 Å². The molecule has 7 nitrogen and oxygen atoms in total. The maximum atomic E-state index is 12.4. The number of carboxylic acids is 1. The lowest BCUT2D eigenvalue weighted by Crippen LogP contribution is -2.26. The summed E-state index contributed by atoms with van der Waals surface area (Å²) in [7, 11) is -3.63. The van der Waals surface area contributed by atoms with E-state index in [1.165, 1.54) is 30.3 Å². The molecule has 27 heavy (non-hydrogen) atoms. The van der Waals surface area contributed by atoms with E-state index in [0.29, 0.717) is 11.3 Å². The molecule has 2 aromatic carbocycles. The Morgan fingerprint density at radius 3 is 2.41 bits per heavy atom. The molecular weight excluding hydrogens is 368 g/mol. The largest absolute Gasteiger partial charge is 0.478 e. The van der Waals surface area contributed by atoms with Gasteiger partial charge in [-0.3, -0.25) is 4.79 Å². The fraction of sp³-hybridized carbons (Fsp3) is 0.158.